The molecule has 2 aromatic rings. The molecule has 1 saturated heterocycles. The molecule has 0 spiro atoms. The second-order valence-electron chi connectivity index (χ2n) is 6.06. The van der Waals surface area contributed by atoms with E-state index < -0.39 is 0 Å². The standard InChI is InChI=1S/C19H18Cl2N2O2/c20-15-6-4-13(5-7-15)18(24)22-17-8-10-23(11-9-17)19(25)14-2-1-3-16(21)12-14/h1-7,12,17H,8-11H2,(H,22,24). The number of likely N-dealkylation sites (tertiary alicyclic amines) is 1. The van der Waals surface area contributed by atoms with Crippen LogP contribution in [-0.2, 0) is 0 Å². The average Bonchev–Trinajstić information content (AvgIpc) is 2.62. The molecule has 2 aromatic carbocycles. The number of halogens is 2. The molecular formula is C19H18Cl2N2O2. The Morgan fingerprint density at radius 3 is 2.24 bits per heavy atom. The first-order valence-electron chi connectivity index (χ1n) is 8.14. The van der Waals surface area contributed by atoms with E-state index in [0.29, 0.717) is 34.3 Å². The van der Waals surface area contributed by atoms with Gasteiger partial charge in [-0.05, 0) is 55.3 Å². The number of rotatable bonds is 3. The Labute approximate surface area is 156 Å². The van der Waals surface area contributed by atoms with E-state index in [-0.39, 0.29) is 17.9 Å². The molecule has 130 valence electrons. The Hall–Kier alpha value is -2.04. The third kappa shape index (κ3) is 4.53. The van der Waals surface area contributed by atoms with Crippen molar-refractivity contribution in [2.45, 2.75) is 18.9 Å². The van der Waals surface area contributed by atoms with Gasteiger partial charge in [0.2, 0.25) is 0 Å². The third-order valence-electron chi connectivity index (χ3n) is 4.30. The molecule has 0 bridgehead atoms. The van der Waals surface area contributed by atoms with Crippen molar-refractivity contribution in [3.63, 3.8) is 0 Å². The van der Waals surface area contributed by atoms with Crippen LogP contribution >= 0.6 is 23.2 Å². The van der Waals surface area contributed by atoms with Gasteiger partial charge in [-0.3, -0.25) is 9.59 Å². The molecule has 1 aliphatic heterocycles. The van der Waals surface area contributed by atoms with Crippen molar-refractivity contribution in [3.05, 3.63) is 69.7 Å². The number of benzene rings is 2. The first-order valence-corrected chi connectivity index (χ1v) is 8.90. The van der Waals surface area contributed by atoms with Crippen molar-refractivity contribution in [3.8, 4) is 0 Å². The molecule has 2 amide bonds. The van der Waals surface area contributed by atoms with Gasteiger partial charge in [0.15, 0.2) is 0 Å². The van der Waals surface area contributed by atoms with E-state index in [4.69, 9.17) is 23.2 Å². The van der Waals surface area contributed by atoms with E-state index in [1.807, 2.05) is 0 Å². The predicted molar refractivity (Wildman–Crippen MR) is 99.3 cm³/mol. The van der Waals surface area contributed by atoms with Crippen LogP contribution in [0.1, 0.15) is 33.6 Å². The molecule has 25 heavy (non-hydrogen) atoms. The van der Waals surface area contributed by atoms with Crippen molar-refractivity contribution in [2.75, 3.05) is 13.1 Å². The molecule has 0 atom stereocenters. The van der Waals surface area contributed by atoms with Gasteiger partial charge in [0.25, 0.3) is 11.8 Å². The number of hydrogen-bond acceptors (Lipinski definition) is 2. The van der Waals surface area contributed by atoms with Crippen molar-refractivity contribution in [2.24, 2.45) is 0 Å². The molecule has 0 saturated carbocycles. The van der Waals surface area contributed by atoms with Crippen LogP contribution in [0.4, 0.5) is 0 Å². The van der Waals surface area contributed by atoms with Crippen molar-refractivity contribution < 1.29 is 9.59 Å². The minimum atomic E-state index is -0.115. The SMILES string of the molecule is O=C(NC1CCN(C(=O)c2cccc(Cl)c2)CC1)c1ccc(Cl)cc1. The lowest BCUT2D eigenvalue weighted by Gasteiger charge is -2.32. The summed E-state index contributed by atoms with van der Waals surface area (Å²) < 4.78 is 0. The summed E-state index contributed by atoms with van der Waals surface area (Å²) in [6.07, 6.45) is 1.46. The van der Waals surface area contributed by atoms with E-state index in [1.54, 1.807) is 53.4 Å². The summed E-state index contributed by atoms with van der Waals surface area (Å²) in [6, 6.07) is 13.8. The van der Waals surface area contributed by atoms with E-state index in [0.717, 1.165) is 12.8 Å². The highest BCUT2D eigenvalue weighted by Gasteiger charge is 2.25. The Balaban J connectivity index is 1.54. The van der Waals surface area contributed by atoms with Crippen LogP contribution in [0, 0.1) is 0 Å². The minimum Gasteiger partial charge on any atom is -0.349 e. The molecule has 3 rings (SSSR count). The fourth-order valence-corrected chi connectivity index (χ4v) is 3.22. The number of amides is 2. The maximum Gasteiger partial charge on any atom is 0.253 e. The zero-order chi connectivity index (χ0) is 17.8. The van der Waals surface area contributed by atoms with E-state index in [2.05, 4.69) is 5.32 Å². The molecule has 1 heterocycles. The van der Waals surface area contributed by atoms with Gasteiger partial charge in [0.1, 0.15) is 0 Å². The largest absolute Gasteiger partial charge is 0.349 e. The number of hydrogen-bond donors (Lipinski definition) is 1. The topological polar surface area (TPSA) is 49.4 Å². The second-order valence-corrected chi connectivity index (χ2v) is 6.93. The molecule has 0 aromatic heterocycles. The highest BCUT2D eigenvalue weighted by atomic mass is 35.5. The van der Waals surface area contributed by atoms with Crippen LogP contribution in [0.3, 0.4) is 0 Å². The Kier molecular flexibility index (Phi) is 5.61. The number of carbonyl (C=O) groups is 2. The number of piperidine rings is 1. The molecule has 0 radical (unpaired) electrons. The summed E-state index contributed by atoms with van der Waals surface area (Å²) in [6.45, 7) is 1.22. The fraction of sp³-hybridized carbons (Fsp3) is 0.263. The summed E-state index contributed by atoms with van der Waals surface area (Å²) in [7, 11) is 0. The Morgan fingerprint density at radius 1 is 0.920 bits per heavy atom. The molecule has 4 nitrogen and oxygen atoms in total. The summed E-state index contributed by atoms with van der Waals surface area (Å²) in [4.78, 5) is 26.6. The summed E-state index contributed by atoms with van der Waals surface area (Å²) in [5.41, 5.74) is 1.18. The Morgan fingerprint density at radius 2 is 1.60 bits per heavy atom. The highest BCUT2D eigenvalue weighted by molar-refractivity contribution is 6.31. The van der Waals surface area contributed by atoms with Gasteiger partial charge in [-0.2, -0.15) is 0 Å². The van der Waals surface area contributed by atoms with Crippen LogP contribution in [0.2, 0.25) is 10.0 Å². The van der Waals surface area contributed by atoms with Gasteiger partial charge in [-0.15, -0.1) is 0 Å². The van der Waals surface area contributed by atoms with Crippen LogP contribution < -0.4 is 5.32 Å². The van der Waals surface area contributed by atoms with E-state index in [1.165, 1.54) is 0 Å². The number of nitrogens with zero attached hydrogens (tertiary/aromatic N) is 1. The van der Waals surface area contributed by atoms with E-state index in [9.17, 15) is 9.59 Å². The molecule has 1 aliphatic rings. The molecule has 6 heteroatoms. The van der Waals surface area contributed by atoms with Crippen LogP contribution in [0.15, 0.2) is 48.5 Å². The lowest BCUT2D eigenvalue weighted by Crippen LogP contribution is -2.46. The van der Waals surface area contributed by atoms with Crippen molar-refractivity contribution in [1.29, 1.82) is 0 Å². The zero-order valence-corrected chi connectivity index (χ0v) is 15.1. The minimum absolute atomic E-state index is 0.0232. The lowest BCUT2D eigenvalue weighted by molar-refractivity contribution is 0.0698. The lowest BCUT2D eigenvalue weighted by atomic mass is 10.0. The maximum absolute atomic E-state index is 12.5. The second kappa shape index (κ2) is 7.89. The van der Waals surface area contributed by atoms with Crippen LogP contribution in [-0.4, -0.2) is 35.8 Å². The molecule has 0 aliphatic carbocycles. The van der Waals surface area contributed by atoms with Crippen LogP contribution in [0.5, 0.6) is 0 Å². The molecule has 1 fully saturated rings. The normalized spacial score (nSPS) is 15.0. The van der Waals surface area contributed by atoms with Gasteiger partial charge in [0.05, 0.1) is 0 Å². The number of carbonyl (C=O) groups excluding carboxylic acids is 2. The smallest absolute Gasteiger partial charge is 0.253 e. The first-order chi connectivity index (χ1) is 12.0. The predicted octanol–water partition coefficient (Wildman–Crippen LogP) is 4.03. The summed E-state index contributed by atoms with van der Waals surface area (Å²) >= 11 is 11.8. The molecular weight excluding hydrogens is 359 g/mol. The van der Waals surface area contributed by atoms with Gasteiger partial charge in [-0.1, -0.05) is 29.3 Å². The van der Waals surface area contributed by atoms with Gasteiger partial charge < -0.3 is 10.2 Å². The Bertz CT molecular complexity index is 769. The third-order valence-corrected chi connectivity index (χ3v) is 4.78. The van der Waals surface area contributed by atoms with Gasteiger partial charge >= 0.3 is 0 Å². The van der Waals surface area contributed by atoms with Crippen molar-refractivity contribution in [1.82, 2.24) is 10.2 Å². The summed E-state index contributed by atoms with van der Waals surface area (Å²) in [5, 5.41) is 4.17. The van der Waals surface area contributed by atoms with Gasteiger partial charge in [0, 0.05) is 40.3 Å². The first kappa shape index (κ1) is 17.8. The maximum atomic E-state index is 12.5. The zero-order valence-electron chi connectivity index (χ0n) is 13.5. The monoisotopic (exact) mass is 376 g/mol. The van der Waals surface area contributed by atoms with Crippen LogP contribution in [0.25, 0.3) is 0 Å². The fourth-order valence-electron chi connectivity index (χ4n) is 2.90. The molecule has 0 unspecified atom stereocenters. The van der Waals surface area contributed by atoms with E-state index >= 15 is 0 Å². The quantitative estimate of drug-likeness (QED) is 0.878. The van der Waals surface area contributed by atoms with Crippen molar-refractivity contribution >= 4 is 35.0 Å². The number of nitrogens with one attached hydrogen (secondary N) is 1. The highest BCUT2D eigenvalue weighted by Crippen LogP contribution is 2.17. The summed E-state index contributed by atoms with van der Waals surface area (Å²) in [5.74, 6) is -0.138. The van der Waals surface area contributed by atoms with Gasteiger partial charge in [-0.25, -0.2) is 0 Å². The molecule has 1 N–H and O–H groups in total. The average molecular weight is 377 g/mol.